The average molecular weight is 313 g/mol. The van der Waals surface area contributed by atoms with Crippen LogP contribution in [0.4, 0.5) is 4.39 Å². The molecule has 1 aliphatic carbocycles. The summed E-state index contributed by atoms with van der Waals surface area (Å²) in [6, 6.07) is 0. The summed E-state index contributed by atoms with van der Waals surface area (Å²) in [6.07, 6.45) is 2.30. The molecule has 0 heterocycles. The summed E-state index contributed by atoms with van der Waals surface area (Å²) in [5.74, 6) is 0.755. The molecule has 2 unspecified atom stereocenters. The average Bonchev–Trinajstić information content (AvgIpc) is 2.63. The minimum Gasteiger partial charge on any atom is -0.668 e. The number of nitrogens with zero attached hydrogens (tertiary/aromatic N) is 3. The van der Waals surface area contributed by atoms with Gasteiger partial charge in [-0.15, -0.1) is 0 Å². The first-order valence-corrected chi connectivity index (χ1v) is 6.49. The fourth-order valence-corrected chi connectivity index (χ4v) is 2.26. The van der Waals surface area contributed by atoms with E-state index in [4.69, 9.17) is 0 Å². The summed E-state index contributed by atoms with van der Waals surface area (Å²) in [5, 5.41) is 11.2. The van der Waals surface area contributed by atoms with Crippen LogP contribution in [0.2, 0.25) is 0 Å². The Labute approximate surface area is 133 Å². The van der Waals surface area contributed by atoms with Gasteiger partial charge in [0.1, 0.15) is 6.17 Å². The predicted molar refractivity (Wildman–Crippen MR) is 81.1 cm³/mol. The van der Waals surface area contributed by atoms with Crippen LogP contribution in [0.3, 0.4) is 0 Å². The van der Waals surface area contributed by atoms with Crippen molar-refractivity contribution in [3.8, 4) is 0 Å². The summed E-state index contributed by atoms with van der Waals surface area (Å²) in [4.78, 5) is 0. The molecule has 0 spiro atoms. The van der Waals surface area contributed by atoms with Crippen LogP contribution in [-0.4, -0.2) is 52.5 Å². The topological polar surface area (TPSA) is 42.3 Å². The van der Waals surface area contributed by atoms with Crippen molar-refractivity contribution in [2.45, 2.75) is 30.7 Å². The first kappa shape index (κ1) is 27.3. The largest absolute Gasteiger partial charge is 4.00 e. The van der Waals surface area contributed by atoms with Gasteiger partial charge < -0.3 is 23.4 Å². The number of thioether (sulfide) groups is 1. The molecule has 1 saturated carbocycles. The van der Waals surface area contributed by atoms with Crippen molar-refractivity contribution in [3.63, 3.8) is 0 Å². The Balaban J connectivity index is -0.000000106. The third kappa shape index (κ3) is 19.2. The molecule has 0 bridgehead atoms. The first-order valence-electron chi connectivity index (χ1n) is 5.44. The number of hydrogen-bond donors (Lipinski definition) is 0. The van der Waals surface area contributed by atoms with Crippen LogP contribution in [0.25, 0.3) is 16.0 Å². The van der Waals surface area contributed by atoms with E-state index in [0.717, 1.165) is 25.1 Å². The van der Waals surface area contributed by atoms with Gasteiger partial charge in [-0.05, 0) is 19.3 Å². The molecule has 6 heteroatoms. The maximum atomic E-state index is 12.8. The van der Waals surface area contributed by atoms with Gasteiger partial charge in [0.15, 0.2) is 0 Å². The quantitative estimate of drug-likeness (QED) is 0.567. The molecule has 0 aliphatic heterocycles. The van der Waals surface area contributed by atoms with E-state index in [9.17, 15) is 4.39 Å². The second kappa shape index (κ2) is 23.0. The van der Waals surface area contributed by atoms with Crippen molar-refractivity contribution < 1.29 is 26.1 Å². The molecule has 1 fully saturated rings. The van der Waals surface area contributed by atoms with Crippen LogP contribution >= 0.6 is 11.8 Å². The Morgan fingerprint density at radius 1 is 1.06 bits per heavy atom. The van der Waals surface area contributed by atoms with E-state index in [2.05, 4.69) is 16.0 Å². The Morgan fingerprint density at radius 2 is 1.50 bits per heavy atom. The smallest absolute Gasteiger partial charge is 0.668 e. The number of rotatable bonds is 3. The molecule has 3 nitrogen and oxygen atoms in total. The SMILES string of the molecule is C[N-]C.C[N-]C.C[N-]CSC1CCCC1F.[CH3-].[Ti+4]. The summed E-state index contributed by atoms with van der Waals surface area (Å²) < 4.78 is 12.8. The predicted octanol–water partition coefficient (Wildman–Crippen LogP) is 4.26. The maximum absolute atomic E-state index is 12.8. The Bertz CT molecular complexity index is 132. The van der Waals surface area contributed by atoms with Crippen molar-refractivity contribution >= 4 is 11.8 Å². The number of hydrogen-bond acceptors (Lipinski definition) is 1. The summed E-state index contributed by atoms with van der Waals surface area (Å²) >= 11 is 1.65. The van der Waals surface area contributed by atoms with Crippen molar-refractivity contribution in [3.05, 3.63) is 23.4 Å². The standard InChI is InChI=1S/C7H13FNS.2C2H6N.CH3.Ti/c1-9-5-10-7-4-2-3-6(7)8;2*1-3-2;;/h6-7H,2-5H2,1H3;2*1-2H3;1H3;/q4*-1;+4. The second-order valence-electron chi connectivity index (χ2n) is 3.49. The van der Waals surface area contributed by atoms with Gasteiger partial charge in [-0.3, -0.25) is 0 Å². The van der Waals surface area contributed by atoms with Crippen LogP contribution in [0.1, 0.15) is 19.3 Å². The molecule has 1 aliphatic rings. The fourth-order valence-electron chi connectivity index (χ4n) is 1.24. The molecule has 18 heavy (non-hydrogen) atoms. The monoisotopic (exact) mass is 313 g/mol. The van der Waals surface area contributed by atoms with Gasteiger partial charge in [0.05, 0.1) is 0 Å². The zero-order valence-electron chi connectivity index (χ0n) is 12.6. The molecule has 2 atom stereocenters. The van der Waals surface area contributed by atoms with E-state index in [1.165, 1.54) is 0 Å². The number of alkyl halides is 1. The molecule has 0 aromatic carbocycles. The first-order chi connectivity index (χ1) is 7.67. The van der Waals surface area contributed by atoms with Crippen LogP contribution in [0.15, 0.2) is 0 Å². The maximum Gasteiger partial charge on any atom is 4.00 e. The van der Waals surface area contributed by atoms with E-state index < -0.39 is 6.17 Å². The third-order valence-corrected chi connectivity index (χ3v) is 3.16. The molecule has 0 aromatic heterocycles. The molecule has 0 N–H and O–H groups in total. The molecule has 0 aromatic rings. The Morgan fingerprint density at radius 3 is 1.78 bits per heavy atom. The van der Waals surface area contributed by atoms with Crippen molar-refractivity contribution in [2.24, 2.45) is 0 Å². The van der Waals surface area contributed by atoms with Gasteiger partial charge in [0, 0.05) is 5.25 Å². The van der Waals surface area contributed by atoms with Gasteiger partial charge in [-0.25, -0.2) is 4.39 Å². The van der Waals surface area contributed by atoms with Crippen molar-refractivity contribution in [2.75, 3.05) is 41.1 Å². The molecule has 0 amide bonds. The molecular formula is C12H28FN3STi. The van der Waals surface area contributed by atoms with Gasteiger partial charge in [0.25, 0.3) is 0 Å². The second-order valence-corrected chi connectivity index (χ2v) is 4.69. The molecule has 1 rings (SSSR count). The summed E-state index contributed by atoms with van der Waals surface area (Å²) in [5.41, 5.74) is 0. The van der Waals surface area contributed by atoms with E-state index >= 15 is 0 Å². The third-order valence-electron chi connectivity index (χ3n) is 1.79. The van der Waals surface area contributed by atoms with Crippen molar-refractivity contribution in [1.29, 1.82) is 0 Å². The van der Waals surface area contributed by atoms with Gasteiger partial charge >= 0.3 is 21.7 Å². The molecular weight excluding hydrogens is 285 g/mol. The fraction of sp³-hybridized carbons (Fsp3) is 0.917. The van der Waals surface area contributed by atoms with Crippen molar-refractivity contribution in [1.82, 2.24) is 0 Å². The van der Waals surface area contributed by atoms with E-state index in [0.29, 0.717) is 0 Å². The summed E-state index contributed by atoms with van der Waals surface area (Å²) in [6.45, 7) is 0. The minimum atomic E-state index is -0.563. The van der Waals surface area contributed by atoms with E-state index in [-0.39, 0.29) is 34.4 Å². The minimum absolute atomic E-state index is 0. The number of halogens is 1. The van der Waals surface area contributed by atoms with Gasteiger partial charge in [-0.2, -0.15) is 47.0 Å². The molecule has 0 saturated heterocycles. The normalized spacial score (nSPS) is 20.3. The molecule has 108 valence electrons. The van der Waals surface area contributed by atoms with Crippen LogP contribution < -0.4 is 0 Å². The van der Waals surface area contributed by atoms with E-state index in [1.807, 2.05) is 0 Å². The van der Waals surface area contributed by atoms with Crippen LogP contribution in [-0.2, 0) is 21.7 Å². The molecule has 0 radical (unpaired) electrons. The Kier molecular flexibility index (Phi) is 34.8. The van der Waals surface area contributed by atoms with Gasteiger partial charge in [0.2, 0.25) is 0 Å². The van der Waals surface area contributed by atoms with Crippen LogP contribution in [0.5, 0.6) is 0 Å². The Hall–Kier alpha value is 0.874. The van der Waals surface area contributed by atoms with Gasteiger partial charge in [-0.1, -0.05) is 5.88 Å². The van der Waals surface area contributed by atoms with E-state index in [1.54, 1.807) is 47.0 Å². The summed E-state index contributed by atoms with van der Waals surface area (Å²) in [7, 11) is 8.77. The zero-order valence-corrected chi connectivity index (χ0v) is 15.0. The van der Waals surface area contributed by atoms with Crippen LogP contribution in [0, 0.1) is 7.43 Å². The zero-order chi connectivity index (χ0) is 12.8.